The summed E-state index contributed by atoms with van der Waals surface area (Å²) in [6, 6.07) is 21.7. The van der Waals surface area contributed by atoms with Crippen LogP contribution < -0.4 is 0 Å². The molecule has 1 spiro atoms. The molecule has 2 aliphatic rings. The predicted molar refractivity (Wildman–Crippen MR) is 121 cm³/mol. The Balaban J connectivity index is 1.73. The van der Waals surface area contributed by atoms with Crippen molar-refractivity contribution in [3.8, 4) is 22.3 Å². The van der Waals surface area contributed by atoms with Crippen LogP contribution in [0.25, 0.3) is 22.3 Å². The van der Waals surface area contributed by atoms with Crippen molar-refractivity contribution in [3.63, 3.8) is 0 Å². The second-order valence-corrected chi connectivity index (χ2v) is 9.63. The van der Waals surface area contributed by atoms with Crippen molar-refractivity contribution in [1.29, 1.82) is 0 Å². The molecule has 1 N–H and O–H groups in total. The Morgan fingerprint density at radius 3 is 2.24 bits per heavy atom. The highest BCUT2D eigenvalue weighted by Crippen LogP contribution is 2.56. The first-order valence-electron chi connectivity index (χ1n) is 10.7. The van der Waals surface area contributed by atoms with Gasteiger partial charge in [-0.2, -0.15) is 0 Å². The average Bonchev–Trinajstić information content (AvgIpc) is 2.98. The zero-order valence-electron chi connectivity index (χ0n) is 17.1. The Morgan fingerprint density at radius 1 is 0.793 bits per heavy atom. The molecule has 148 valence electrons. The van der Waals surface area contributed by atoms with Gasteiger partial charge in [0.1, 0.15) is 0 Å². The third-order valence-corrected chi connectivity index (χ3v) is 7.16. The van der Waals surface area contributed by atoms with Crippen molar-refractivity contribution in [3.05, 3.63) is 82.4 Å². The van der Waals surface area contributed by atoms with Gasteiger partial charge in [0.2, 0.25) is 0 Å². The predicted octanol–water partition coefficient (Wildman–Crippen LogP) is 7.47. The number of halogens is 1. The van der Waals surface area contributed by atoms with Crippen LogP contribution in [0.2, 0.25) is 5.02 Å². The molecule has 0 saturated heterocycles. The second-order valence-electron chi connectivity index (χ2n) is 9.20. The molecule has 1 saturated carbocycles. The van der Waals surface area contributed by atoms with E-state index in [0.29, 0.717) is 5.02 Å². The Kier molecular flexibility index (Phi) is 4.38. The van der Waals surface area contributed by atoms with E-state index >= 15 is 0 Å². The van der Waals surface area contributed by atoms with Crippen LogP contribution in [0.3, 0.4) is 0 Å². The zero-order chi connectivity index (χ0) is 20.2. The molecule has 3 aromatic rings. The van der Waals surface area contributed by atoms with E-state index in [9.17, 15) is 5.11 Å². The minimum absolute atomic E-state index is 0.140. The summed E-state index contributed by atoms with van der Waals surface area (Å²) >= 11 is 6.27. The van der Waals surface area contributed by atoms with Gasteiger partial charge in [-0.05, 0) is 83.8 Å². The van der Waals surface area contributed by atoms with Crippen LogP contribution in [0.5, 0.6) is 0 Å². The van der Waals surface area contributed by atoms with Gasteiger partial charge in [0.25, 0.3) is 0 Å². The van der Waals surface area contributed by atoms with Gasteiger partial charge in [0.05, 0.1) is 5.60 Å². The van der Waals surface area contributed by atoms with E-state index in [2.05, 4.69) is 42.5 Å². The molecule has 0 aliphatic heterocycles. The fourth-order valence-electron chi connectivity index (χ4n) is 5.59. The molecule has 0 atom stereocenters. The first-order valence-corrected chi connectivity index (χ1v) is 11.1. The van der Waals surface area contributed by atoms with E-state index in [-0.39, 0.29) is 5.41 Å². The standard InChI is InChI=1S/C27H27ClO/c1-26(2,29)24-17-19(28)11-13-20(24)18-10-12-22-21-8-4-5-9-23(21)27(25(22)16-18)14-6-3-7-15-27/h4-5,8-13,16-17,29H,3,6-7,14-15H2,1-2H3. The van der Waals surface area contributed by atoms with Gasteiger partial charge in [-0.1, -0.05) is 73.3 Å². The lowest BCUT2D eigenvalue weighted by molar-refractivity contribution is 0.0792. The van der Waals surface area contributed by atoms with Crippen molar-refractivity contribution in [2.45, 2.75) is 57.0 Å². The van der Waals surface area contributed by atoms with Gasteiger partial charge in [0, 0.05) is 10.4 Å². The Bertz CT molecular complexity index is 1080. The van der Waals surface area contributed by atoms with Crippen LogP contribution in [-0.2, 0) is 11.0 Å². The molecule has 0 unspecified atom stereocenters. The summed E-state index contributed by atoms with van der Waals surface area (Å²) in [5.41, 5.74) is 8.03. The van der Waals surface area contributed by atoms with E-state index in [1.807, 2.05) is 32.0 Å². The van der Waals surface area contributed by atoms with Gasteiger partial charge < -0.3 is 5.11 Å². The minimum Gasteiger partial charge on any atom is -0.386 e. The van der Waals surface area contributed by atoms with E-state index in [1.165, 1.54) is 54.4 Å². The Hall–Kier alpha value is -2.09. The molecule has 2 heteroatoms. The number of aliphatic hydroxyl groups is 1. The molecule has 0 bridgehead atoms. The number of fused-ring (bicyclic) bond motifs is 5. The first-order chi connectivity index (χ1) is 13.9. The molecular formula is C27H27ClO. The van der Waals surface area contributed by atoms with Crippen molar-refractivity contribution in [2.75, 3.05) is 0 Å². The van der Waals surface area contributed by atoms with E-state index in [1.54, 1.807) is 0 Å². The van der Waals surface area contributed by atoms with Crippen LogP contribution in [0, 0.1) is 0 Å². The summed E-state index contributed by atoms with van der Waals surface area (Å²) in [7, 11) is 0. The van der Waals surface area contributed by atoms with Crippen LogP contribution >= 0.6 is 11.6 Å². The molecule has 1 fully saturated rings. The maximum atomic E-state index is 10.8. The lowest BCUT2D eigenvalue weighted by atomic mass is 9.67. The number of rotatable bonds is 2. The smallest absolute Gasteiger partial charge is 0.0847 e. The molecule has 0 radical (unpaired) electrons. The fraction of sp³-hybridized carbons (Fsp3) is 0.333. The lowest BCUT2D eigenvalue weighted by Crippen LogP contribution is -2.28. The maximum absolute atomic E-state index is 10.8. The van der Waals surface area contributed by atoms with Crippen LogP contribution in [0.4, 0.5) is 0 Å². The van der Waals surface area contributed by atoms with E-state index in [0.717, 1.165) is 16.7 Å². The summed E-state index contributed by atoms with van der Waals surface area (Å²) in [6.07, 6.45) is 6.35. The Morgan fingerprint density at radius 2 is 1.48 bits per heavy atom. The summed E-state index contributed by atoms with van der Waals surface area (Å²) in [5, 5.41) is 11.4. The van der Waals surface area contributed by atoms with Crippen molar-refractivity contribution < 1.29 is 5.11 Å². The SMILES string of the molecule is CC(C)(O)c1cc(Cl)ccc1-c1ccc2c(c1)C1(CCCCC1)c1ccccc1-2. The molecule has 1 nitrogen and oxygen atoms in total. The topological polar surface area (TPSA) is 20.2 Å². The maximum Gasteiger partial charge on any atom is 0.0847 e. The van der Waals surface area contributed by atoms with E-state index in [4.69, 9.17) is 11.6 Å². The van der Waals surface area contributed by atoms with Gasteiger partial charge >= 0.3 is 0 Å². The van der Waals surface area contributed by atoms with Gasteiger partial charge in [-0.3, -0.25) is 0 Å². The third-order valence-electron chi connectivity index (χ3n) is 6.93. The highest BCUT2D eigenvalue weighted by molar-refractivity contribution is 6.30. The molecule has 2 aliphatic carbocycles. The number of benzene rings is 3. The zero-order valence-corrected chi connectivity index (χ0v) is 17.9. The van der Waals surface area contributed by atoms with Crippen LogP contribution in [0.15, 0.2) is 60.7 Å². The molecule has 0 heterocycles. The van der Waals surface area contributed by atoms with Crippen LogP contribution in [-0.4, -0.2) is 5.11 Å². The van der Waals surface area contributed by atoms with E-state index < -0.39 is 5.60 Å². The van der Waals surface area contributed by atoms with Crippen LogP contribution in [0.1, 0.15) is 62.6 Å². The summed E-state index contributed by atoms with van der Waals surface area (Å²) in [5.74, 6) is 0. The summed E-state index contributed by atoms with van der Waals surface area (Å²) < 4.78 is 0. The van der Waals surface area contributed by atoms with Gasteiger partial charge in [-0.15, -0.1) is 0 Å². The lowest BCUT2D eigenvalue weighted by Gasteiger charge is -2.36. The minimum atomic E-state index is -0.954. The number of hydrogen-bond acceptors (Lipinski definition) is 1. The normalized spacial score (nSPS) is 17.2. The molecule has 0 amide bonds. The molecule has 0 aromatic heterocycles. The van der Waals surface area contributed by atoms with Gasteiger partial charge in [-0.25, -0.2) is 0 Å². The molecule has 29 heavy (non-hydrogen) atoms. The quantitative estimate of drug-likeness (QED) is 0.471. The molecular weight excluding hydrogens is 376 g/mol. The van der Waals surface area contributed by atoms with Crippen molar-refractivity contribution >= 4 is 11.6 Å². The largest absolute Gasteiger partial charge is 0.386 e. The number of hydrogen-bond donors (Lipinski definition) is 1. The molecule has 5 rings (SSSR count). The highest BCUT2D eigenvalue weighted by atomic mass is 35.5. The molecule has 3 aromatic carbocycles. The first kappa shape index (κ1) is 18.9. The van der Waals surface area contributed by atoms with Gasteiger partial charge in [0.15, 0.2) is 0 Å². The average molecular weight is 403 g/mol. The fourth-order valence-corrected chi connectivity index (χ4v) is 5.76. The second kappa shape index (κ2) is 6.72. The summed E-state index contributed by atoms with van der Waals surface area (Å²) in [4.78, 5) is 0. The summed E-state index contributed by atoms with van der Waals surface area (Å²) in [6.45, 7) is 3.65. The third kappa shape index (κ3) is 2.95. The van der Waals surface area contributed by atoms with Crippen molar-refractivity contribution in [2.24, 2.45) is 0 Å². The Labute approximate surface area is 178 Å². The highest BCUT2D eigenvalue weighted by Gasteiger charge is 2.43. The monoisotopic (exact) mass is 402 g/mol. The van der Waals surface area contributed by atoms with Crippen molar-refractivity contribution in [1.82, 2.24) is 0 Å².